The van der Waals surface area contributed by atoms with Crippen molar-refractivity contribution in [2.24, 2.45) is 0 Å². The molecule has 1 aliphatic heterocycles. The Bertz CT molecular complexity index is 350. The van der Waals surface area contributed by atoms with Crippen LogP contribution < -0.4 is 4.74 Å². The van der Waals surface area contributed by atoms with Gasteiger partial charge < -0.3 is 14.7 Å². The number of unbranched alkanes of at least 4 members (excludes halogenated alkanes) is 1. The molecule has 1 saturated heterocycles. The molecule has 0 amide bonds. The van der Waals surface area contributed by atoms with Crippen LogP contribution in [-0.2, 0) is 6.61 Å². The number of likely N-dealkylation sites (tertiary alicyclic amines) is 1. The lowest BCUT2D eigenvalue weighted by Gasteiger charge is -2.26. The molecule has 0 aromatic heterocycles. The normalized spacial score (nSPS) is 15.7. The minimum absolute atomic E-state index is 0. The Balaban J connectivity index is 0.00000200. The molecule has 4 heteroatoms. The largest absolute Gasteiger partial charge is 0.494 e. The van der Waals surface area contributed by atoms with Gasteiger partial charge in [-0.2, -0.15) is 0 Å². The highest BCUT2D eigenvalue weighted by Gasteiger charge is 2.08. The van der Waals surface area contributed by atoms with Crippen molar-refractivity contribution >= 4 is 12.4 Å². The van der Waals surface area contributed by atoms with Crippen molar-refractivity contribution in [3.63, 3.8) is 0 Å². The molecule has 2 rings (SSSR count). The fourth-order valence-electron chi connectivity index (χ4n) is 2.50. The van der Waals surface area contributed by atoms with E-state index in [4.69, 9.17) is 9.84 Å². The second-order valence-electron chi connectivity index (χ2n) is 5.26. The summed E-state index contributed by atoms with van der Waals surface area (Å²) >= 11 is 0. The SMILES string of the molecule is Cl.OCc1ccc(OCCCCN2CCCCC2)cc1. The number of rotatable bonds is 7. The molecule has 0 spiro atoms. The van der Waals surface area contributed by atoms with Gasteiger partial charge in [-0.25, -0.2) is 0 Å². The zero-order chi connectivity index (χ0) is 13.3. The van der Waals surface area contributed by atoms with E-state index in [0.29, 0.717) is 0 Å². The summed E-state index contributed by atoms with van der Waals surface area (Å²) in [4.78, 5) is 2.57. The molecule has 0 radical (unpaired) electrons. The summed E-state index contributed by atoms with van der Waals surface area (Å²) < 4.78 is 5.69. The summed E-state index contributed by atoms with van der Waals surface area (Å²) in [7, 11) is 0. The van der Waals surface area contributed by atoms with E-state index in [0.717, 1.165) is 24.3 Å². The molecule has 0 unspecified atom stereocenters. The van der Waals surface area contributed by atoms with E-state index in [2.05, 4.69) is 4.90 Å². The summed E-state index contributed by atoms with van der Waals surface area (Å²) in [6.45, 7) is 4.65. The smallest absolute Gasteiger partial charge is 0.119 e. The average molecular weight is 300 g/mol. The van der Waals surface area contributed by atoms with Crippen LogP contribution >= 0.6 is 12.4 Å². The van der Waals surface area contributed by atoms with Crippen LogP contribution in [0.1, 0.15) is 37.7 Å². The summed E-state index contributed by atoms with van der Waals surface area (Å²) in [5.74, 6) is 0.898. The molecule has 0 aliphatic carbocycles. The Kier molecular flexibility index (Phi) is 8.67. The number of benzene rings is 1. The average Bonchev–Trinajstić information content (AvgIpc) is 2.49. The first-order valence-electron chi connectivity index (χ1n) is 7.43. The molecule has 1 heterocycles. The number of hydrogen-bond donors (Lipinski definition) is 1. The molecule has 1 aromatic carbocycles. The maximum absolute atomic E-state index is 8.95. The second kappa shape index (κ2) is 10.0. The van der Waals surface area contributed by atoms with Gasteiger partial charge in [0, 0.05) is 0 Å². The van der Waals surface area contributed by atoms with Gasteiger partial charge in [-0.1, -0.05) is 18.6 Å². The number of aliphatic hydroxyl groups is 1. The maximum atomic E-state index is 8.95. The third-order valence-corrected chi connectivity index (χ3v) is 3.69. The Morgan fingerprint density at radius 2 is 1.70 bits per heavy atom. The molecule has 114 valence electrons. The van der Waals surface area contributed by atoms with E-state index < -0.39 is 0 Å². The Morgan fingerprint density at radius 1 is 1.00 bits per heavy atom. The first kappa shape index (κ1) is 17.3. The van der Waals surface area contributed by atoms with Crippen molar-refractivity contribution in [1.29, 1.82) is 0 Å². The fraction of sp³-hybridized carbons (Fsp3) is 0.625. The fourth-order valence-corrected chi connectivity index (χ4v) is 2.50. The van der Waals surface area contributed by atoms with E-state index in [9.17, 15) is 0 Å². The van der Waals surface area contributed by atoms with E-state index in [1.54, 1.807) is 0 Å². The molecular formula is C16H26ClNO2. The maximum Gasteiger partial charge on any atom is 0.119 e. The number of piperidine rings is 1. The standard InChI is InChI=1S/C16H25NO2.ClH/c18-14-15-6-8-16(9-7-15)19-13-5-4-12-17-10-2-1-3-11-17;/h6-9,18H,1-5,10-14H2;1H. The van der Waals surface area contributed by atoms with Crippen molar-refractivity contribution in [2.75, 3.05) is 26.2 Å². The number of aliphatic hydroxyl groups excluding tert-OH is 1. The Morgan fingerprint density at radius 3 is 2.35 bits per heavy atom. The van der Waals surface area contributed by atoms with E-state index in [1.165, 1.54) is 45.3 Å². The van der Waals surface area contributed by atoms with Gasteiger partial charge in [0.2, 0.25) is 0 Å². The number of halogens is 1. The van der Waals surface area contributed by atoms with Crippen molar-refractivity contribution in [3.8, 4) is 5.75 Å². The molecule has 0 bridgehead atoms. The first-order valence-corrected chi connectivity index (χ1v) is 7.43. The molecule has 1 aromatic rings. The van der Waals surface area contributed by atoms with Gasteiger partial charge in [-0.15, -0.1) is 12.4 Å². The van der Waals surface area contributed by atoms with Gasteiger partial charge in [-0.05, 0) is 63.0 Å². The van der Waals surface area contributed by atoms with Crippen LogP contribution in [0.2, 0.25) is 0 Å². The molecule has 3 nitrogen and oxygen atoms in total. The Hall–Kier alpha value is -0.770. The second-order valence-corrected chi connectivity index (χ2v) is 5.26. The van der Waals surface area contributed by atoms with Crippen molar-refractivity contribution in [3.05, 3.63) is 29.8 Å². The number of nitrogens with zero attached hydrogens (tertiary/aromatic N) is 1. The summed E-state index contributed by atoms with van der Waals surface area (Å²) in [6, 6.07) is 7.67. The zero-order valence-electron chi connectivity index (χ0n) is 12.1. The minimum atomic E-state index is 0. The predicted molar refractivity (Wildman–Crippen MR) is 84.6 cm³/mol. The molecule has 1 fully saturated rings. The number of ether oxygens (including phenoxy) is 1. The summed E-state index contributed by atoms with van der Waals surface area (Å²) in [5, 5.41) is 8.95. The lowest BCUT2D eigenvalue weighted by Crippen LogP contribution is -2.30. The summed E-state index contributed by atoms with van der Waals surface area (Å²) in [6.07, 6.45) is 6.47. The van der Waals surface area contributed by atoms with E-state index in [1.807, 2.05) is 24.3 Å². The lowest BCUT2D eigenvalue weighted by molar-refractivity contribution is 0.216. The Labute approximate surface area is 128 Å². The molecule has 20 heavy (non-hydrogen) atoms. The van der Waals surface area contributed by atoms with Gasteiger partial charge in [0.1, 0.15) is 5.75 Å². The van der Waals surface area contributed by atoms with Crippen LogP contribution in [0.3, 0.4) is 0 Å². The monoisotopic (exact) mass is 299 g/mol. The molecule has 1 aliphatic rings. The van der Waals surface area contributed by atoms with Crippen molar-refractivity contribution < 1.29 is 9.84 Å². The highest BCUT2D eigenvalue weighted by molar-refractivity contribution is 5.85. The highest BCUT2D eigenvalue weighted by Crippen LogP contribution is 2.13. The summed E-state index contributed by atoms with van der Waals surface area (Å²) in [5.41, 5.74) is 0.928. The van der Waals surface area contributed by atoms with Crippen LogP contribution in [-0.4, -0.2) is 36.2 Å². The van der Waals surface area contributed by atoms with Gasteiger partial charge >= 0.3 is 0 Å². The van der Waals surface area contributed by atoms with Crippen LogP contribution in [0.15, 0.2) is 24.3 Å². The van der Waals surface area contributed by atoms with Gasteiger partial charge in [0.25, 0.3) is 0 Å². The van der Waals surface area contributed by atoms with Gasteiger partial charge in [0.05, 0.1) is 13.2 Å². The minimum Gasteiger partial charge on any atom is -0.494 e. The van der Waals surface area contributed by atoms with Crippen LogP contribution in [0.5, 0.6) is 5.75 Å². The third-order valence-electron chi connectivity index (χ3n) is 3.69. The third kappa shape index (κ3) is 6.12. The zero-order valence-corrected chi connectivity index (χ0v) is 12.9. The first-order chi connectivity index (χ1) is 9.38. The molecule has 0 atom stereocenters. The molecule has 1 N–H and O–H groups in total. The van der Waals surface area contributed by atoms with E-state index >= 15 is 0 Å². The van der Waals surface area contributed by atoms with Crippen molar-refractivity contribution in [1.82, 2.24) is 4.90 Å². The van der Waals surface area contributed by atoms with E-state index in [-0.39, 0.29) is 19.0 Å². The van der Waals surface area contributed by atoms with Crippen LogP contribution in [0, 0.1) is 0 Å². The topological polar surface area (TPSA) is 32.7 Å². The quantitative estimate of drug-likeness (QED) is 0.785. The number of hydrogen-bond acceptors (Lipinski definition) is 3. The highest BCUT2D eigenvalue weighted by atomic mass is 35.5. The van der Waals surface area contributed by atoms with Gasteiger partial charge in [-0.3, -0.25) is 0 Å². The lowest BCUT2D eigenvalue weighted by atomic mass is 10.1. The van der Waals surface area contributed by atoms with Crippen LogP contribution in [0.25, 0.3) is 0 Å². The molecular weight excluding hydrogens is 274 g/mol. The predicted octanol–water partition coefficient (Wildman–Crippen LogP) is 3.25. The molecule has 0 saturated carbocycles. The van der Waals surface area contributed by atoms with Crippen LogP contribution in [0.4, 0.5) is 0 Å². The van der Waals surface area contributed by atoms with Crippen molar-refractivity contribution in [2.45, 2.75) is 38.7 Å². The van der Waals surface area contributed by atoms with Gasteiger partial charge in [0.15, 0.2) is 0 Å².